The molecule has 7 nitrogen and oxygen atoms in total. The highest BCUT2D eigenvalue weighted by Crippen LogP contribution is 2.47. The van der Waals surface area contributed by atoms with Crippen LogP contribution in [0.3, 0.4) is 0 Å². The predicted molar refractivity (Wildman–Crippen MR) is 77.4 cm³/mol. The van der Waals surface area contributed by atoms with Gasteiger partial charge in [0, 0.05) is 39.3 Å². The second-order valence-corrected chi connectivity index (χ2v) is 6.07. The third kappa shape index (κ3) is 3.53. The Labute approximate surface area is 125 Å². The van der Waals surface area contributed by atoms with Crippen LogP contribution in [0.2, 0.25) is 0 Å². The number of amides is 3. The molecule has 0 bridgehead atoms. The Bertz CT molecular complexity index is 412. The van der Waals surface area contributed by atoms with Crippen LogP contribution >= 0.6 is 0 Å². The van der Waals surface area contributed by atoms with E-state index in [-0.39, 0.29) is 11.8 Å². The van der Waals surface area contributed by atoms with E-state index < -0.39 is 5.41 Å². The molecule has 0 spiro atoms. The minimum Gasteiger partial charge on any atom is -0.354 e. The number of carbonyl (C=O) groups is 3. The molecule has 1 saturated heterocycles. The molecule has 7 heteroatoms. The zero-order valence-corrected chi connectivity index (χ0v) is 12.8. The molecule has 0 unspecified atom stereocenters. The Morgan fingerprint density at radius 3 is 2.29 bits per heavy atom. The third-order valence-electron chi connectivity index (χ3n) is 4.19. The van der Waals surface area contributed by atoms with Crippen LogP contribution in [0.25, 0.3) is 0 Å². The minimum atomic E-state index is -0.838. The summed E-state index contributed by atoms with van der Waals surface area (Å²) >= 11 is 0. The first-order chi connectivity index (χ1) is 9.99. The lowest BCUT2D eigenvalue weighted by molar-refractivity contribution is -0.146. The van der Waals surface area contributed by atoms with Crippen molar-refractivity contribution in [2.24, 2.45) is 5.41 Å². The molecule has 1 aliphatic carbocycles. The monoisotopic (exact) mass is 296 g/mol. The van der Waals surface area contributed by atoms with Crippen LogP contribution in [0.1, 0.15) is 12.8 Å². The van der Waals surface area contributed by atoms with Gasteiger partial charge in [-0.15, -0.1) is 0 Å². The highest BCUT2D eigenvalue weighted by Gasteiger charge is 2.57. The van der Waals surface area contributed by atoms with E-state index in [4.69, 9.17) is 0 Å². The van der Waals surface area contributed by atoms with Crippen LogP contribution in [-0.4, -0.2) is 86.3 Å². The maximum absolute atomic E-state index is 12.6. The second-order valence-electron chi connectivity index (χ2n) is 6.07. The number of hydrogen-bond acceptors (Lipinski definition) is 4. The fraction of sp³-hybridized carbons (Fsp3) is 0.786. The first-order valence-electron chi connectivity index (χ1n) is 7.41. The first kappa shape index (κ1) is 15.8. The smallest absolute Gasteiger partial charge is 0.238 e. The number of rotatable bonds is 6. The summed E-state index contributed by atoms with van der Waals surface area (Å²) in [7, 11) is 3.88. The van der Waals surface area contributed by atoms with Crippen molar-refractivity contribution in [1.82, 2.24) is 20.0 Å². The molecule has 1 aliphatic heterocycles. The van der Waals surface area contributed by atoms with Crippen LogP contribution in [0, 0.1) is 5.41 Å². The van der Waals surface area contributed by atoms with E-state index >= 15 is 0 Å². The van der Waals surface area contributed by atoms with Gasteiger partial charge in [-0.25, -0.2) is 0 Å². The quantitative estimate of drug-likeness (QED) is 0.491. The standard InChI is InChI=1S/C14H24N4O3/c1-16(2)6-5-15-12(20)14(3-4-14)13(21)18-9-7-17(11-19)8-10-18/h11H,3-10H2,1-2H3,(H,15,20). The average Bonchev–Trinajstić information content (AvgIpc) is 3.28. The van der Waals surface area contributed by atoms with Gasteiger partial charge in [0.25, 0.3) is 0 Å². The van der Waals surface area contributed by atoms with Gasteiger partial charge in [0.15, 0.2) is 0 Å². The molecule has 2 aliphatic rings. The van der Waals surface area contributed by atoms with Crippen molar-refractivity contribution in [3.05, 3.63) is 0 Å². The van der Waals surface area contributed by atoms with Crippen LogP contribution < -0.4 is 5.32 Å². The largest absolute Gasteiger partial charge is 0.354 e. The molecule has 1 saturated carbocycles. The fourth-order valence-electron chi connectivity index (χ4n) is 2.56. The molecular weight excluding hydrogens is 272 g/mol. The zero-order chi connectivity index (χ0) is 15.5. The molecule has 0 aromatic carbocycles. The van der Waals surface area contributed by atoms with E-state index in [2.05, 4.69) is 5.32 Å². The van der Waals surface area contributed by atoms with Gasteiger partial charge in [0.05, 0.1) is 0 Å². The van der Waals surface area contributed by atoms with Gasteiger partial charge in [-0.1, -0.05) is 0 Å². The molecule has 0 aromatic heterocycles. The van der Waals surface area contributed by atoms with E-state index in [9.17, 15) is 14.4 Å². The van der Waals surface area contributed by atoms with Gasteiger partial charge < -0.3 is 20.0 Å². The Hall–Kier alpha value is -1.63. The summed E-state index contributed by atoms with van der Waals surface area (Å²) in [6.07, 6.45) is 2.07. The summed E-state index contributed by atoms with van der Waals surface area (Å²) in [5.41, 5.74) is -0.838. The molecular formula is C14H24N4O3. The Morgan fingerprint density at radius 2 is 1.81 bits per heavy atom. The second kappa shape index (κ2) is 6.43. The van der Waals surface area contributed by atoms with Crippen molar-refractivity contribution in [2.75, 3.05) is 53.4 Å². The van der Waals surface area contributed by atoms with E-state index in [0.29, 0.717) is 45.6 Å². The molecule has 118 valence electrons. The van der Waals surface area contributed by atoms with Gasteiger partial charge in [-0.2, -0.15) is 0 Å². The lowest BCUT2D eigenvalue weighted by Crippen LogP contribution is -2.53. The summed E-state index contributed by atoms with van der Waals surface area (Å²) in [5, 5.41) is 2.86. The van der Waals surface area contributed by atoms with Crippen molar-refractivity contribution in [3.8, 4) is 0 Å². The van der Waals surface area contributed by atoms with Crippen molar-refractivity contribution < 1.29 is 14.4 Å². The minimum absolute atomic E-state index is 0.0737. The van der Waals surface area contributed by atoms with Crippen molar-refractivity contribution in [3.63, 3.8) is 0 Å². The zero-order valence-electron chi connectivity index (χ0n) is 12.8. The highest BCUT2D eigenvalue weighted by atomic mass is 16.2. The molecule has 21 heavy (non-hydrogen) atoms. The lowest BCUT2D eigenvalue weighted by Gasteiger charge is -2.34. The molecule has 0 atom stereocenters. The van der Waals surface area contributed by atoms with Crippen LogP contribution in [0.4, 0.5) is 0 Å². The first-order valence-corrected chi connectivity index (χ1v) is 7.41. The SMILES string of the molecule is CN(C)CCNC(=O)C1(C(=O)N2CCN(C=O)CC2)CC1. The molecule has 0 radical (unpaired) electrons. The summed E-state index contributed by atoms with van der Waals surface area (Å²) in [6, 6.07) is 0. The normalized spacial score (nSPS) is 20.3. The number of nitrogens with one attached hydrogen (secondary N) is 1. The van der Waals surface area contributed by atoms with Gasteiger partial charge in [-0.3, -0.25) is 14.4 Å². The third-order valence-corrected chi connectivity index (χ3v) is 4.19. The summed E-state index contributed by atoms with van der Waals surface area (Å²) in [5.74, 6) is -0.220. The lowest BCUT2D eigenvalue weighted by atomic mass is 10.0. The Kier molecular flexibility index (Phi) is 4.82. The average molecular weight is 296 g/mol. The van der Waals surface area contributed by atoms with Crippen molar-refractivity contribution in [2.45, 2.75) is 12.8 Å². The van der Waals surface area contributed by atoms with Gasteiger partial charge in [0.2, 0.25) is 18.2 Å². The fourth-order valence-corrected chi connectivity index (χ4v) is 2.56. The van der Waals surface area contributed by atoms with Crippen molar-refractivity contribution >= 4 is 18.2 Å². The Morgan fingerprint density at radius 1 is 1.19 bits per heavy atom. The maximum atomic E-state index is 12.6. The van der Waals surface area contributed by atoms with Crippen molar-refractivity contribution in [1.29, 1.82) is 0 Å². The highest BCUT2D eigenvalue weighted by molar-refractivity contribution is 6.07. The molecule has 0 aromatic rings. The van der Waals surface area contributed by atoms with E-state index in [0.717, 1.165) is 13.0 Å². The van der Waals surface area contributed by atoms with Gasteiger partial charge in [0.1, 0.15) is 5.41 Å². The van der Waals surface area contributed by atoms with E-state index in [1.807, 2.05) is 19.0 Å². The van der Waals surface area contributed by atoms with Crippen LogP contribution in [0.5, 0.6) is 0 Å². The number of nitrogens with zero attached hydrogens (tertiary/aromatic N) is 3. The summed E-state index contributed by atoms with van der Waals surface area (Å²) in [6.45, 7) is 3.45. The number of carbonyl (C=O) groups excluding carboxylic acids is 3. The molecule has 3 amide bonds. The number of hydrogen-bond donors (Lipinski definition) is 1. The maximum Gasteiger partial charge on any atom is 0.238 e. The van der Waals surface area contributed by atoms with Gasteiger partial charge in [-0.05, 0) is 26.9 Å². The summed E-state index contributed by atoms with van der Waals surface area (Å²) in [4.78, 5) is 40.9. The molecule has 2 fully saturated rings. The summed E-state index contributed by atoms with van der Waals surface area (Å²) < 4.78 is 0. The Balaban J connectivity index is 1.86. The van der Waals surface area contributed by atoms with Gasteiger partial charge >= 0.3 is 0 Å². The molecule has 1 N–H and O–H groups in total. The number of likely N-dealkylation sites (N-methyl/N-ethyl adjacent to an activating group) is 1. The van der Waals surface area contributed by atoms with E-state index in [1.165, 1.54) is 0 Å². The van der Waals surface area contributed by atoms with Crippen LogP contribution in [0.15, 0.2) is 0 Å². The number of piperazine rings is 1. The molecule has 1 heterocycles. The van der Waals surface area contributed by atoms with Crippen LogP contribution in [-0.2, 0) is 14.4 Å². The predicted octanol–water partition coefficient (Wildman–Crippen LogP) is -1.25. The van der Waals surface area contributed by atoms with E-state index in [1.54, 1.807) is 9.80 Å². The molecule has 2 rings (SSSR count). The topological polar surface area (TPSA) is 73.0 Å².